The number of hydrogen-bond donors (Lipinski definition) is 1. The zero-order valence-electron chi connectivity index (χ0n) is 10.5. The van der Waals surface area contributed by atoms with Crippen LogP contribution in [0.1, 0.15) is 37.1 Å². The van der Waals surface area contributed by atoms with Gasteiger partial charge in [-0.3, -0.25) is 0 Å². The molecule has 0 saturated heterocycles. The quantitative estimate of drug-likeness (QED) is 0.877. The smallest absolute Gasteiger partial charge is 0.315 e. The van der Waals surface area contributed by atoms with Gasteiger partial charge in [0.05, 0.1) is 0 Å². The number of benzene rings is 1. The molecule has 0 spiro atoms. The van der Waals surface area contributed by atoms with Gasteiger partial charge in [0.15, 0.2) is 0 Å². The maximum absolute atomic E-state index is 5.58. The summed E-state index contributed by atoms with van der Waals surface area (Å²) in [5.74, 6) is 1.29. The monoisotopic (exact) mass is 243 g/mol. The van der Waals surface area contributed by atoms with E-state index < -0.39 is 0 Å². The van der Waals surface area contributed by atoms with E-state index in [1.54, 1.807) is 0 Å². The molecule has 1 heterocycles. The van der Waals surface area contributed by atoms with E-state index in [2.05, 4.69) is 46.7 Å². The van der Waals surface area contributed by atoms with E-state index in [0.717, 1.165) is 12.3 Å². The molecule has 4 nitrogen and oxygen atoms in total. The molecule has 94 valence electrons. The predicted octanol–water partition coefficient (Wildman–Crippen LogP) is 2.99. The van der Waals surface area contributed by atoms with Crippen LogP contribution in [0.4, 0.5) is 6.01 Å². The van der Waals surface area contributed by atoms with Gasteiger partial charge in [-0.15, -0.1) is 5.10 Å². The highest BCUT2D eigenvalue weighted by Crippen LogP contribution is 2.39. The van der Waals surface area contributed by atoms with Gasteiger partial charge in [-0.25, -0.2) is 0 Å². The lowest BCUT2D eigenvalue weighted by atomic mass is 10.1. The van der Waals surface area contributed by atoms with Crippen LogP contribution in [0.25, 0.3) is 0 Å². The van der Waals surface area contributed by atoms with Crippen LogP contribution in [0.5, 0.6) is 0 Å². The molecule has 1 saturated carbocycles. The van der Waals surface area contributed by atoms with E-state index in [1.807, 2.05) is 6.07 Å². The van der Waals surface area contributed by atoms with Gasteiger partial charge in [0.2, 0.25) is 5.89 Å². The number of aromatic nitrogens is 2. The molecule has 0 radical (unpaired) electrons. The highest BCUT2D eigenvalue weighted by atomic mass is 16.4. The molecule has 1 aliphatic carbocycles. The summed E-state index contributed by atoms with van der Waals surface area (Å²) < 4.78 is 5.58. The van der Waals surface area contributed by atoms with E-state index in [-0.39, 0.29) is 6.04 Å². The number of anilines is 1. The fraction of sp³-hybridized carbons (Fsp3) is 0.429. The molecule has 3 rings (SSSR count). The third-order valence-electron chi connectivity index (χ3n) is 3.12. The first kappa shape index (κ1) is 11.3. The second kappa shape index (κ2) is 4.80. The normalized spacial score (nSPS) is 16.5. The Hall–Kier alpha value is -1.84. The van der Waals surface area contributed by atoms with Crippen molar-refractivity contribution in [3.63, 3.8) is 0 Å². The van der Waals surface area contributed by atoms with Crippen LogP contribution in [0.3, 0.4) is 0 Å². The van der Waals surface area contributed by atoms with Gasteiger partial charge >= 0.3 is 6.01 Å². The maximum atomic E-state index is 5.58. The molecule has 1 aromatic heterocycles. The van der Waals surface area contributed by atoms with Crippen molar-refractivity contribution in [2.75, 3.05) is 5.32 Å². The molecule has 0 amide bonds. The van der Waals surface area contributed by atoms with Crippen LogP contribution in [0, 0.1) is 0 Å². The molecule has 1 unspecified atom stereocenters. The van der Waals surface area contributed by atoms with Crippen molar-refractivity contribution in [1.29, 1.82) is 0 Å². The average Bonchev–Trinajstić information content (AvgIpc) is 3.12. The van der Waals surface area contributed by atoms with Crippen molar-refractivity contribution in [1.82, 2.24) is 10.2 Å². The molecular formula is C14H17N3O. The largest absolute Gasteiger partial charge is 0.408 e. The number of hydrogen-bond acceptors (Lipinski definition) is 4. The molecule has 0 bridgehead atoms. The molecule has 1 aromatic carbocycles. The SMILES string of the molecule is CC(Cc1ccccc1)Nc1nnc(C2CC2)o1. The highest BCUT2D eigenvalue weighted by molar-refractivity contribution is 5.23. The fourth-order valence-corrected chi connectivity index (χ4v) is 2.02. The molecule has 1 fully saturated rings. The van der Waals surface area contributed by atoms with Crippen molar-refractivity contribution in [3.05, 3.63) is 41.8 Å². The molecule has 4 heteroatoms. The Labute approximate surface area is 106 Å². The Morgan fingerprint density at radius 3 is 2.78 bits per heavy atom. The number of nitrogens with zero attached hydrogens (tertiary/aromatic N) is 2. The Balaban J connectivity index is 1.58. The molecule has 1 atom stereocenters. The zero-order chi connectivity index (χ0) is 12.4. The molecule has 2 aromatic rings. The van der Waals surface area contributed by atoms with E-state index in [0.29, 0.717) is 11.9 Å². The van der Waals surface area contributed by atoms with E-state index in [9.17, 15) is 0 Å². The van der Waals surface area contributed by atoms with Crippen LogP contribution in [0.2, 0.25) is 0 Å². The standard InChI is InChI=1S/C14H17N3O/c1-10(9-11-5-3-2-4-6-11)15-14-17-16-13(18-14)12-7-8-12/h2-6,10,12H,7-9H2,1H3,(H,15,17). The topological polar surface area (TPSA) is 51.0 Å². The Morgan fingerprint density at radius 1 is 1.28 bits per heavy atom. The van der Waals surface area contributed by atoms with Crippen LogP contribution >= 0.6 is 0 Å². The van der Waals surface area contributed by atoms with Crippen LogP contribution in [0.15, 0.2) is 34.7 Å². The molecule has 18 heavy (non-hydrogen) atoms. The lowest BCUT2D eigenvalue weighted by molar-refractivity contribution is 0.501. The first-order valence-electron chi connectivity index (χ1n) is 6.45. The summed E-state index contributed by atoms with van der Waals surface area (Å²) in [4.78, 5) is 0. The van der Waals surface area contributed by atoms with Gasteiger partial charge < -0.3 is 9.73 Å². The van der Waals surface area contributed by atoms with Gasteiger partial charge in [0, 0.05) is 12.0 Å². The van der Waals surface area contributed by atoms with Gasteiger partial charge in [-0.1, -0.05) is 35.4 Å². The summed E-state index contributed by atoms with van der Waals surface area (Å²) in [7, 11) is 0. The van der Waals surface area contributed by atoms with Crippen molar-refractivity contribution in [2.24, 2.45) is 0 Å². The van der Waals surface area contributed by atoms with Crippen LogP contribution in [-0.4, -0.2) is 16.2 Å². The zero-order valence-corrected chi connectivity index (χ0v) is 10.5. The third kappa shape index (κ3) is 2.70. The minimum Gasteiger partial charge on any atom is -0.408 e. The second-order valence-electron chi connectivity index (χ2n) is 4.95. The Kier molecular flexibility index (Phi) is 3.00. The van der Waals surface area contributed by atoms with Gasteiger partial charge in [-0.2, -0.15) is 0 Å². The summed E-state index contributed by atoms with van der Waals surface area (Å²) in [5.41, 5.74) is 1.31. The molecule has 1 aliphatic rings. The van der Waals surface area contributed by atoms with Crippen molar-refractivity contribution < 1.29 is 4.42 Å². The average molecular weight is 243 g/mol. The summed E-state index contributed by atoms with van der Waals surface area (Å²) in [5, 5.41) is 11.3. The summed E-state index contributed by atoms with van der Waals surface area (Å²) in [6.07, 6.45) is 3.31. The van der Waals surface area contributed by atoms with E-state index >= 15 is 0 Å². The summed E-state index contributed by atoms with van der Waals surface area (Å²) in [6.45, 7) is 2.12. The van der Waals surface area contributed by atoms with Crippen molar-refractivity contribution >= 4 is 6.01 Å². The molecular weight excluding hydrogens is 226 g/mol. The third-order valence-corrected chi connectivity index (χ3v) is 3.12. The van der Waals surface area contributed by atoms with Gasteiger partial charge in [0.1, 0.15) is 0 Å². The first-order valence-corrected chi connectivity index (χ1v) is 6.45. The Morgan fingerprint density at radius 2 is 2.06 bits per heavy atom. The van der Waals surface area contributed by atoms with Crippen molar-refractivity contribution in [3.8, 4) is 0 Å². The lowest BCUT2D eigenvalue weighted by Gasteiger charge is -2.11. The molecule has 0 aliphatic heterocycles. The molecule has 1 N–H and O–H groups in total. The fourth-order valence-electron chi connectivity index (χ4n) is 2.02. The minimum atomic E-state index is 0.278. The maximum Gasteiger partial charge on any atom is 0.315 e. The Bertz CT molecular complexity index is 505. The number of rotatable bonds is 5. The summed E-state index contributed by atoms with van der Waals surface area (Å²) >= 11 is 0. The number of nitrogens with one attached hydrogen (secondary N) is 1. The second-order valence-corrected chi connectivity index (χ2v) is 4.95. The summed E-state index contributed by atoms with van der Waals surface area (Å²) in [6, 6.07) is 11.2. The van der Waals surface area contributed by atoms with Gasteiger partial charge in [-0.05, 0) is 31.7 Å². The van der Waals surface area contributed by atoms with Gasteiger partial charge in [0.25, 0.3) is 0 Å². The van der Waals surface area contributed by atoms with Crippen LogP contribution in [-0.2, 0) is 6.42 Å². The lowest BCUT2D eigenvalue weighted by Crippen LogP contribution is -2.18. The van der Waals surface area contributed by atoms with E-state index in [1.165, 1.54) is 18.4 Å². The van der Waals surface area contributed by atoms with Crippen molar-refractivity contribution in [2.45, 2.75) is 38.1 Å². The highest BCUT2D eigenvalue weighted by Gasteiger charge is 2.29. The first-order chi connectivity index (χ1) is 8.81. The predicted molar refractivity (Wildman–Crippen MR) is 69.5 cm³/mol. The van der Waals surface area contributed by atoms with Crippen LogP contribution < -0.4 is 5.32 Å². The van der Waals surface area contributed by atoms with E-state index in [4.69, 9.17) is 4.42 Å². The minimum absolute atomic E-state index is 0.278.